The smallest absolute Gasteiger partial charge is 0.225 e. The molecule has 0 aromatic heterocycles. The van der Waals surface area contributed by atoms with Crippen molar-refractivity contribution in [1.29, 1.82) is 0 Å². The first-order chi connectivity index (χ1) is 8.88. The maximum Gasteiger partial charge on any atom is 0.225 e. The highest BCUT2D eigenvalue weighted by Crippen LogP contribution is 2.17. The molecule has 0 radical (unpaired) electrons. The summed E-state index contributed by atoms with van der Waals surface area (Å²) in [7, 11) is -1.02. The molecule has 1 rings (SSSR count). The van der Waals surface area contributed by atoms with Crippen LogP contribution in [0, 0.1) is 11.7 Å². The number of halogens is 1. The van der Waals surface area contributed by atoms with Gasteiger partial charge in [0, 0.05) is 34.4 Å². The number of benzene rings is 1. The fourth-order valence-electron chi connectivity index (χ4n) is 1.51. The van der Waals surface area contributed by atoms with E-state index in [0.717, 1.165) is 0 Å². The topological polar surface area (TPSA) is 72.2 Å². The van der Waals surface area contributed by atoms with Crippen LogP contribution in [-0.4, -0.2) is 21.6 Å². The maximum atomic E-state index is 13.4. The molecule has 0 aliphatic heterocycles. The van der Waals surface area contributed by atoms with E-state index in [0.29, 0.717) is 17.4 Å². The quantitative estimate of drug-likeness (QED) is 0.787. The highest BCUT2D eigenvalue weighted by Gasteiger charge is 2.10. The van der Waals surface area contributed by atoms with Crippen LogP contribution in [-0.2, 0) is 15.6 Å². The normalized spacial score (nSPS) is 12.4. The minimum Gasteiger partial charge on any atom is -0.399 e. The molecule has 19 heavy (non-hydrogen) atoms. The van der Waals surface area contributed by atoms with Crippen LogP contribution < -0.4 is 11.1 Å². The first kappa shape index (κ1) is 15.6. The number of nitrogens with two attached hydrogens (primary N) is 1. The van der Waals surface area contributed by atoms with Gasteiger partial charge in [0.05, 0.1) is 5.69 Å². The minimum atomic E-state index is -1.02. The average molecular weight is 286 g/mol. The minimum absolute atomic E-state index is 0.0552. The van der Waals surface area contributed by atoms with Gasteiger partial charge in [-0.25, -0.2) is 4.39 Å². The first-order valence-electron chi connectivity index (χ1n) is 6.08. The standard InChI is InChI=1S/C13H19FN2O2S/c1-9(2)8-19(18)6-5-13(17)16-12-7-10(15)3-4-11(12)14/h3-4,7,9H,5-6,8,15H2,1-2H3,(H,16,17). The molecule has 0 heterocycles. The summed E-state index contributed by atoms with van der Waals surface area (Å²) in [6.45, 7) is 3.94. The number of rotatable bonds is 6. The second kappa shape index (κ2) is 7.23. The number of amides is 1. The third-order valence-electron chi connectivity index (χ3n) is 2.34. The zero-order valence-corrected chi connectivity index (χ0v) is 11.9. The van der Waals surface area contributed by atoms with Crippen LogP contribution >= 0.6 is 0 Å². The highest BCUT2D eigenvalue weighted by molar-refractivity contribution is 7.85. The van der Waals surface area contributed by atoms with E-state index < -0.39 is 16.6 Å². The van der Waals surface area contributed by atoms with Crippen molar-refractivity contribution in [3.63, 3.8) is 0 Å². The summed E-state index contributed by atoms with van der Waals surface area (Å²) >= 11 is 0. The zero-order valence-electron chi connectivity index (χ0n) is 11.1. The Hall–Kier alpha value is -1.43. The number of hydrogen-bond donors (Lipinski definition) is 2. The molecule has 1 atom stereocenters. The molecule has 106 valence electrons. The van der Waals surface area contributed by atoms with Gasteiger partial charge in [0.25, 0.3) is 0 Å². The van der Waals surface area contributed by atoms with Gasteiger partial charge in [-0.3, -0.25) is 9.00 Å². The van der Waals surface area contributed by atoms with Gasteiger partial charge in [-0.05, 0) is 24.1 Å². The third kappa shape index (κ3) is 5.83. The monoisotopic (exact) mass is 286 g/mol. The summed E-state index contributed by atoms with van der Waals surface area (Å²) in [6, 6.07) is 3.98. The molecule has 1 unspecified atom stereocenters. The van der Waals surface area contributed by atoms with Crippen molar-refractivity contribution in [2.24, 2.45) is 5.92 Å². The van der Waals surface area contributed by atoms with Gasteiger partial charge in [0.15, 0.2) is 0 Å². The van der Waals surface area contributed by atoms with Crippen LogP contribution in [0.2, 0.25) is 0 Å². The molecule has 0 fully saturated rings. The molecular weight excluding hydrogens is 267 g/mol. The number of nitrogens with one attached hydrogen (secondary N) is 1. The molecule has 6 heteroatoms. The van der Waals surface area contributed by atoms with E-state index in [9.17, 15) is 13.4 Å². The number of carbonyl (C=O) groups excluding carboxylic acids is 1. The highest BCUT2D eigenvalue weighted by atomic mass is 32.2. The van der Waals surface area contributed by atoms with E-state index in [1.165, 1.54) is 18.2 Å². The SMILES string of the molecule is CC(C)CS(=O)CCC(=O)Nc1cc(N)ccc1F. The lowest BCUT2D eigenvalue weighted by Crippen LogP contribution is -2.17. The first-order valence-corrected chi connectivity index (χ1v) is 7.57. The molecule has 1 aromatic rings. The Balaban J connectivity index is 2.47. The van der Waals surface area contributed by atoms with Crippen molar-refractivity contribution >= 4 is 28.1 Å². The van der Waals surface area contributed by atoms with Gasteiger partial charge in [0.1, 0.15) is 5.82 Å². The summed E-state index contributed by atoms with van der Waals surface area (Å²) in [4.78, 5) is 11.6. The summed E-state index contributed by atoms with van der Waals surface area (Å²) < 4.78 is 24.9. The van der Waals surface area contributed by atoms with Crippen molar-refractivity contribution in [3.8, 4) is 0 Å². The second-order valence-corrected chi connectivity index (χ2v) is 6.36. The van der Waals surface area contributed by atoms with E-state index in [1.54, 1.807) is 0 Å². The van der Waals surface area contributed by atoms with Crippen molar-refractivity contribution in [2.45, 2.75) is 20.3 Å². The molecule has 0 spiro atoms. The molecule has 0 saturated heterocycles. The fraction of sp³-hybridized carbons (Fsp3) is 0.462. The number of nitrogen functional groups attached to an aromatic ring is 1. The Bertz CT molecular complexity index is 478. The molecule has 0 bridgehead atoms. The van der Waals surface area contributed by atoms with E-state index in [4.69, 9.17) is 5.73 Å². The van der Waals surface area contributed by atoms with E-state index in [-0.39, 0.29) is 23.8 Å². The van der Waals surface area contributed by atoms with Crippen LogP contribution in [0.25, 0.3) is 0 Å². The van der Waals surface area contributed by atoms with Crippen molar-refractivity contribution < 1.29 is 13.4 Å². The zero-order chi connectivity index (χ0) is 14.4. The van der Waals surface area contributed by atoms with Crippen LogP contribution in [0.15, 0.2) is 18.2 Å². The average Bonchev–Trinajstić information content (AvgIpc) is 2.30. The number of carbonyl (C=O) groups is 1. The number of hydrogen-bond acceptors (Lipinski definition) is 3. The van der Waals surface area contributed by atoms with Gasteiger partial charge in [-0.15, -0.1) is 0 Å². The lowest BCUT2D eigenvalue weighted by atomic mass is 10.2. The van der Waals surface area contributed by atoms with Crippen LogP contribution in [0.5, 0.6) is 0 Å². The Morgan fingerprint density at radius 2 is 2.16 bits per heavy atom. The maximum absolute atomic E-state index is 13.4. The Morgan fingerprint density at radius 3 is 2.79 bits per heavy atom. The predicted octanol–water partition coefficient (Wildman–Crippen LogP) is 2.14. The Morgan fingerprint density at radius 1 is 1.47 bits per heavy atom. The van der Waals surface area contributed by atoms with Gasteiger partial charge >= 0.3 is 0 Å². The van der Waals surface area contributed by atoms with Crippen molar-refractivity contribution in [2.75, 3.05) is 22.6 Å². The van der Waals surface area contributed by atoms with E-state index >= 15 is 0 Å². The molecule has 0 saturated carbocycles. The van der Waals surface area contributed by atoms with Crippen LogP contribution in [0.1, 0.15) is 20.3 Å². The third-order valence-corrected chi connectivity index (χ3v) is 4.04. The van der Waals surface area contributed by atoms with Crippen molar-refractivity contribution in [1.82, 2.24) is 0 Å². The molecule has 3 N–H and O–H groups in total. The molecule has 4 nitrogen and oxygen atoms in total. The largest absolute Gasteiger partial charge is 0.399 e. The lowest BCUT2D eigenvalue weighted by molar-refractivity contribution is -0.115. The van der Waals surface area contributed by atoms with Crippen LogP contribution in [0.3, 0.4) is 0 Å². The summed E-state index contributed by atoms with van der Waals surface area (Å²) in [5.74, 6) is 0.288. The lowest BCUT2D eigenvalue weighted by Gasteiger charge is -2.08. The summed E-state index contributed by atoms with van der Waals surface area (Å²) in [5, 5.41) is 2.43. The van der Waals surface area contributed by atoms with E-state index in [2.05, 4.69) is 5.32 Å². The molecule has 1 amide bonds. The van der Waals surface area contributed by atoms with Gasteiger partial charge in [-0.1, -0.05) is 13.8 Å². The van der Waals surface area contributed by atoms with Gasteiger partial charge in [-0.2, -0.15) is 0 Å². The molecule has 0 aliphatic carbocycles. The Kier molecular flexibility index (Phi) is 5.95. The van der Waals surface area contributed by atoms with Crippen LogP contribution in [0.4, 0.5) is 15.8 Å². The summed E-state index contributed by atoms with van der Waals surface area (Å²) in [5.41, 5.74) is 5.94. The molecular formula is C13H19FN2O2S. The van der Waals surface area contributed by atoms with Gasteiger partial charge < -0.3 is 11.1 Å². The Labute approximate surface area is 115 Å². The van der Waals surface area contributed by atoms with Crippen molar-refractivity contribution in [3.05, 3.63) is 24.0 Å². The van der Waals surface area contributed by atoms with E-state index in [1.807, 2.05) is 13.8 Å². The fourth-order valence-corrected chi connectivity index (χ4v) is 2.84. The predicted molar refractivity (Wildman–Crippen MR) is 76.8 cm³/mol. The van der Waals surface area contributed by atoms with Gasteiger partial charge in [0.2, 0.25) is 5.91 Å². The second-order valence-electron chi connectivity index (χ2n) is 4.74. The molecule has 1 aromatic carbocycles. The number of anilines is 2. The summed E-state index contributed by atoms with van der Waals surface area (Å²) in [6.07, 6.45) is 0.105. The molecule has 0 aliphatic rings.